The van der Waals surface area contributed by atoms with E-state index in [0.717, 1.165) is 12.8 Å². The third-order valence-corrected chi connectivity index (χ3v) is 4.77. The molecule has 0 fully saturated rings. The van der Waals surface area contributed by atoms with E-state index in [1.54, 1.807) is 0 Å². The summed E-state index contributed by atoms with van der Waals surface area (Å²) >= 11 is 10.7. The molecule has 0 atom stereocenters. The highest BCUT2D eigenvalue weighted by atomic mass is 32.1. The van der Waals surface area contributed by atoms with E-state index >= 15 is 0 Å². The molecule has 0 rings (SSSR count). The molecular formula is C18H34S2. The molecule has 0 saturated carbocycles. The molecule has 0 amide bonds. The average molecular weight is 315 g/mol. The van der Waals surface area contributed by atoms with Gasteiger partial charge in [-0.1, -0.05) is 83.2 Å². The van der Waals surface area contributed by atoms with Gasteiger partial charge in [0.2, 0.25) is 0 Å². The molecule has 20 heavy (non-hydrogen) atoms. The molecule has 0 spiro atoms. The van der Waals surface area contributed by atoms with Crippen LogP contribution < -0.4 is 0 Å². The van der Waals surface area contributed by atoms with Gasteiger partial charge in [0.05, 0.1) is 0 Å². The lowest BCUT2D eigenvalue weighted by Crippen LogP contribution is -1.95. The molecule has 0 aliphatic heterocycles. The summed E-state index contributed by atoms with van der Waals surface area (Å²) in [5, 5.41) is 0. The van der Waals surface area contributed by atoms with Gasteiger partial charge in [0, 0.05) is 0 Å². The second-order valence-corrected chi connectivity index (χ2v) is 7.02. The van der Waals surface area contributed by atoms with Crippen molar-refractivity contribution in [2.45, 2.75) is 104 Å². The lowest BCUT2D eigenvalue weighted by atomic mass is 10.0. The minimum atomic E-state index is 1.07. The quantitative estimate of drug-likeness (QED) is 0.231. The zero-order valence-electron chi connectivity index (χ0n) is 13.7. The summed E-state index contributed by atoms with van der Waals surface area (Å²) in [6.07, 6.45) is 18.0. The van der Waals surface area contributed by atoms with E-state index < -0.39 is 0 Å². The summed E-state index contributed by atoms with van der Waals surface area (Å²) in [4.78, 5) is 2.56. The van der Waals surface area contributed by atoms with Gasteiger partial charge in [-0.2, -0.15) is 0 Å². The fraction of sp³-hybridized carbons (Fsp3) is 0.889. The first-order valence-electron chi connectivity index (χ1n) is 8.74. The van der Waals surface area contributed by atoms with Gasteiger partial charge in [0.25, 0.3) is 0 Å². The standard InChI is InChI=1S/C18H34S2/c1-3-5-6-11-15-18(20)16-13-10-8-7-9-12-14-17(19)4-2/h3-16H2,1-2H3. The van der Waals surface area contributed by atoms with Crippen molar-refractivity contribution in [2.75, 3.05) is 0 Å². The Bertz CT molecular complexity index is 246. The Hall–Kier alpha value is 0.180. The van der Waals surface area contributed by atoms with Crippen LogP contribution in [0.4, 0.5) is 0 Å². The van der Waals surface area contributed by atoms with Crippen LogP contribution in [0, 0.1) is 0 Å². The summed E-state index contributed by atoms with van der Waals surface area (Å²) in [7, 11) is 0. The molecule has 0 radical (unpaired) electrons. The van der Waals surface area contributed by atoms with E-state index in [1.807, 2.05) is 0 Å². The van der Waals surface area contributed by atoms with Gasteiger partial charge >= 0.3 is 0 Å². The van der Waals surface area contributed by atoms with Crippen molar-refractivity contribution in [3.05, 3.63) is 0 Å². The number of hydrogen-bond donors (Lipinski definition) is 0. The summed E-state index contributed by atoms with van der Waals surface area (Å²) in [6, 6.07) is 0. The van der Waals surface area contributed by atoms with Crippen molar-refractivity contribution in [2.24, 2.45) is 0 Å². The van der Waals surface area contributed by atoms with Gasteiger partial charge in [0.1, 0.15) is 0 Å². The summed E-state index contributed by atoms with van der Waals surface area (Å²) in [5.74, 6) is 0. The van der Waals surface area contributed by atoms with Crippen molar-refractivity contribution in [1.82, 2.24) is 0 Å². The van der Waals surface area contributed by atoms with E-state index in [-0.39, 0.29) is 0 Å². The fourth-order valence-electron chi connectivity index (χ4n) is 2.40. The molecule has 0 aromatic heterocycles. The largest absolute Gasteiger partial charge is 0.0897 e. The second kappa shape index (κ2) is 15.6. The van der Waals surface area contributed by atoms with E-state index in [2.05, 4.69) is 13.8 Å². The predicted molar refractivity (Wildman–Crippen MR) is 101 cm³/mol. The first kappa shape index (κ1) is 20.2. The van der Waals surface area contributed by atoms with Crippen molar-refractivity contribution in [3.63, 3.8) is 0 Å². The molecule has 0 aromatic rings. The summed E-state index contributed by atoms with van der Waals surface area (Å²) in [6.45, 7) is 4.42. The van der Waals surface area contributed by atoms with Gasteiger partial charge in [0.15, 0.2) is 0 Å². The molecule has 0 unspecified atom stereocenters. The Kier molecular flexibility index (Phi) is 15.7. The molecule has 0 N–H and O–H groups in total. The van der Waals surface area contributed by atoms with Gasteiger partial charge in [-0.3, -0.25) is 0 Å². The Morgan fingerprint density at radius 2 is 0.950 bits per heavy atom. The van der Waals surface area contributed by atoms with Gasteiger partial charge < -0.3 is 0 Å². The van der Waals surface area contributed by atoms with Crippen LogP contribution in [-0.4, -0.2) is 9.73 Å². The first-order chi connectivity index (χ1) is 9.70. The zero-order valence-corrected chi connectivity index (χ0v) is 15.3. The highest BCUT2D eigenvalue weighted by Gasteiger charge is 1.98. The van der Waals surface area contributed by atoms with Crippen LogP contribution in [0.25, 0.3) is 0 Å². The number of hydrogen-bond acceptors (Lipinski definition) is 2. The Balaban J connectivity index is 3.19. The molecule has 0 aliphatic rings. The summed E-state index contributed by atoms with van der Waals surface area (Å²) in [5.41, 5.74) is 0. The van der Waals surface area contributed by atoms with Crippen LogP contribution in [0.15, 0.2) is 0 Å². The van der Waals surface area contributed by atoms with Crippen LogP contribution in [0.5, 0.6) is 0 Å². The topological polar surface area (TPSA) is 0 Å². The molecule has 0 heterocycles. The normalized spacial score (nSPS) is 10.7. The van der Waals surface area contributed by atoms with E-state index in [0.29, 0.717) is 0 Å². The lowest BCUT2D eigenvalue weighted by molar-refractivity contribution is 0.605. The molecule has 118 valence electrons. The van der Waals surface area contributed by atoms with Gasteiger partial charge in [-0.05, 0) is 54.7 Å². The Morgan fingerprint density at radius 3 is 1.40 bits per heavy atom. The summed E-state index contributed by atoms with van der Waals surface area (Å²) < 4.78 is 0. The minimum Gasteiger partial charge on any atom is -0.0897 e. The third kappa shape index (κ3) is 14.6. The third-order valence-electron chi connectivity index (χ3n) is 3.86. The van der Waals surface area contributed by atoms with Crippen molar-refractivity contribution in [1.29, 1.82) is 0 Å². The van der Waals surface area contributed by atoms with E-state index in [4.69, 9.17) is 24.4 Å². The Morgan fingerprint density at radius 1 is 0.550 bits per heavy atom. The number of unbranched alkanes of at least 4 members (excludes halogenated alkanes) is 8. The monoisotopic (exact) mass is 314 g/mol. The Labute approximate surface area is 138 Å². The maximum atomic E-state index is 5.45. The predicted octanol–water partition coefficient (Wildman–Crippen LogP) is 7.23. The molecule has 2 heteroatoms. The molecule has 0 saturated heterocycles. The smallest absolute Gasteiger partial charge is 0.00715 e. The van der Waals surface area contributed by atoms with Crippen molar-refractivity contribution < 1.29 is 0 Å². The zero-order chi connectivity index (χ0) is 15.1. The minimum absolute atomic E-state index is 1.07. The second-order valence-electron chi connectivity index (χ2n) is 5.86. The SMILES string of the molecule is CCCCCCC(=S)CCCCCCCCC(=S)CC. The van der Waals surface area contributed by atoms with E-state index in [9.17, 15) is 0 Å². The van der Waals surface area contributed by atoms with Crippen molar-refractivity contribution >= 4 is 34.2 Å². The molecule has 0 nitrogen and oxygen atoms in total. The molecule has 0 aliphatic carbocycles. The van der Waals surface area contributed by atoms with Crippen LogP contribution in [-0.2, 0) is 0 Å². The van der Waals surface area contributed by atoms with Crippen LogP contribution >= 0.6 is 24.4 Å². The highest BCUT2D eigenvalue weighted by molar-refractivity contribution is 7.80. The van der Waals surface area contributed by atoms with E-state index in [1.165, 1.54) is 86.8 Å². The van der Waals surface area contributed by atoms with Gasteiger partial charge in [-0.15, -0.1) is 0 Å². The number of thiocarbonyl (C=S) groups is 2. The van der Waals surface area contributed by atoms with Crippen molar-refractivity contribution in [3.8, 4) is 0 Å². The van der Waals surface area contributed by atoms with Crippen LogP contribution in [0.3, 0.4) is 0 Å². The highest BCUT2D eigenvalue weighted by Crippen LogP contribution is 2.12. The van der Waals surface area contributed by atoms with Gasteiger partial charge in [-0.25, -0.2) is 0 Å². The van der Waals surface area contributed by atoms with Crippen LogP contribution in [0.2, 0.25) is 0 Å². The van der Waals surface area contributed by atoms with Crippen LogP contribution in [0.1, 0.15) is 104 Å². The molecular weight excluding hydrogens is 280 g/mol. The first-order valence-corrected chi connectivity index (χ1v) is 9.55. The lowest BCUT2D eigenvalue weighted by Gasteiger charge is -2.04. The molecule has 0 bridgehead atoms. The fourth-order valence-corrected chi connectivity index (χ4v) is 2.84. The maximum absolute atomic E-state index is 5.45. The molecule has 0 aromatic carbocycles. The maximum Gasteiger partial charge on any atom is -0.00715 e. The number of rotatable bonds is 15. The average Bonchev–Trinajstić information content (AvgIpc) is 2.46.